The molecular formula is C29H54O14. The van der Waals surface area contributed by atoms with Gasteiger partial charge >= 0.3 is 5.97 Å². The average Bonchev–Trinajstić information content (AvgIpc) is 3.00. The van der Waals surface area contributed by atoms with Crippen molar-refractivity contribution < 1.29 is 69.0 Å². The molecule has 2 aliphatic rings. The van der Waals surface area contributed by atoms with E-state index in [9.17, 15) is 40.5 Å². The van der Waals surface area contributed by atoms with Gasteiger partial charge in [-0.2, -0.15) is 0 Å². The van der Waals surface area contributed by atoms with Crippen LogP contribution in [0, 0.1) is 0 Å². The lowest BCUT2D eigenvalue weighted by molar-refractivity contribution is -0.332. The van der Waals surface area contributed by atoms with E-state index in [1.165, 1.54) is 25.7 Å². The summed E-state index contributed by atoms with van der Waals surface area (Å²) in [5, 5.41) is 70.8. The topological polar surface area (TPSA) is 214 Å². The molecule has 2 rings (SSSR count). The monoisotopic (exact) mass is 626 g/mol. The molecule has 0 aliphatic carbocycles. The third kappa shape index (κ3) is 12.7. The van der Waals surface area contributed by atoms with Crippen molar-refractivity contribution in [3.8, 4) is 0 Å². The van der Waals surface area contributed by atoms with Gasteiger partial charge in [0.25, 0.3) is 0 Å². The first-order valence-corrected chi connectivity index (χ1v) is 15.6. The first kappa shape index (κ1) is 38.2. The second-order valence-corrected chi connectivity index (χ2v) is 11.3. The van der Waals surface area contributed by atoms with Crippen LogP contribution in [0.1, 0.15) is 78.1 Å². The van der Waals surface area contributed by atoms with Crippen molar-refractivity contribution in [2.75, 3.05) is 33.0 Å². The molecule has 0 aromatic carbocycles. The number of ether oxygens (including phenoxy) is 6. The Balaban J connectivity index is 1.90. The third-order valence-corrected chi connectivity index (χ3v) is 7.62. The normalized spacial score (nSPS) is 33.8. The predicted molar refractivity (Wildman–Crippen MR) is 151 cm³/mol. The fourth-order valence-corrected chi connectivity index (χ4v) is 4.85. The van der Waals surface area contributed by atoms with Crippen LogP contribution in [0.25, 0.3) is 0 Å². The molecule has 0 aromatic rings. The lowest BCUT2D eigenvalue weighted by Gasteiger charge is -2.42. The van der Waals surface area contributed by atoms with E-state index in [4.69, 9.17) is 28.4 Å². The smallest absolute Gasteiger partial charge is 0.306 e. The number of aliphatic hydroxyl groups is 7. The molecule has 43 heavy (non-hydrogen) atoms. The van der Waals surface area contributed by atoms with Gasteiger partial charge in [-0.1, -0.05) is 58.8 Å². The van der Waals surface area contributed by atoms with Crippen molar-refractivity contribution in [1.29, 1.82) is 0 Å². The number of hydrogen-bond acceptors (Lipinski definition) is 14. The fourth-order valence-electron chi connectivity index (χ4n) is 4.85. The maximum atomic E-state index is 12.3. The van der Waals surface area contributed by atoms with Crippen LogP contribution >= 0.6 is 0 Å². The first-order chi connectivity index (χ1) is 20.6. The summed E-state index contributed by atoms with van der Waals surface area (Å²) >= 11 is 0. The standard InChI is InChI=1S/C29H54O14/c1-3-5-7-8-9-10-11-13-38-15-18(41-21(31)12-6-4-2)16-39-28-27(37)25(35)23(33)20(43-28)17-40-29-26(36)24(34)22(32)19(14-30)42-29/h18-20,22-30,32-37H,3-17H2,1-2H3. The van der Waals surface area contributed by atoms with Crippen molar-refractivity contribution in [1.82, 2.24) is 0 Å². The van der Waals surface area contributed by atoms with Crippen molar-refractivity contribution in [3.05, 3.63) is 0 Å². The third-order valence-electron chi connectivity index (χ3n) is 7.62. The van der Waals surface area contributed by atoms with Gasteiger partial charge in [0.05, 0.1) is 26.4 Å². The number of rotatable bonds is 21. The van der Waals surface area contributed by atoms with Crippen LogP contribution in [-0.2, 0) is 33.2 Å². The molecule has 11 atom stereocenters. The summed E-state index contributed by atoms with van der Waals surface area (Å²) in [6, 6.07) is 0. The van der Waals surface area contributed by atoms with Crippen LogP contribution in [0.3, 0.4) is 0 Å². The molecule has 2 aliphatic heterocycles. The van der Waals surface area contributed by atoms with Gasteiger partial charge in [-0.15, -0.1) is 0 Å². The highest BCUT2D eigenvalue weighted by Gasteiger charge is 2.47. The van der Waals surface area contributed by atoms with E-state index >= 15 is 0 Å². The molecule has 7 N–H and O–H groups in total. The van der Waals surface area contributed by atoms with E-state index in [1.54, 1.807) is 0 Å². The molecule has 0 amide bonds. The molecule has 0 saturated carbocycles. The average molecular weight is 627 g/mol. The van der Waals surface area contributed by atoms with E-state index in [2.05, 4.69) is 6.92 Å². The largest absolute Gasteiger partial charge is 0.457 e. The molecule has 14 nitrogen and oxygen atoms in total. The van der Waals surface area contributed by atoms with Gasteiger partial charge in [-0.05, 0) is 12.8 Å². The minimum Gasteiger partial charge on any atom is -0.457 e. The minimum atomic E-state index is -1.69. The summed E-state index contributed by atoms with van der Waals surface area (Å²) in [6.45, 7) is 3.33. The second-order valence-electron chi connectivity index (χ2n) is 11.3. The maximum Gasteiger partial charge on any atom is 0.306 e. The molecule has 11 unspecified atom stereocenters. The van der Waals surface area contributed by atoms with E-state index in [-0.39, 0.29) is 19.6 Å². The van der Waals surface area contributed by atoms with E-state index in [0.717, 1.165) is 25.7 Å². The maximum absolute atomic E-state index is 12.3. The summed E-state index contributed by atoms with van der Waals surface area (Å²) in [7, 11) is 0. The number of carbonyl (C=O) groups is 1. The Labute approximate surface area is 253 Å². The molecule has 254 valence electrons. The SMILES string of the molecule is CCCCCCCCCOCC(COC1OC(COC2OC(CO)C(O)C(O)C2O)C(O)C(O)C1O)OC(=O)CCCC. The number of aliphatic hydroxyl groups excluding tert-OH is 7. The highest BCUT2D eigenvalue weighted by atomic mass is 16.7. The molecule has 0 spiro atoms. The molecule has 0 aromatic heterocycles. The Morgan fingerprint density at radius 2 is 1.23 bits per heavy atom. The first-order valence-electron chi connectivity index (χ1n) is 15.6. The number of esters is 1. The zero-order valence-corrected chi connectivity index (χ0v) is 25.4. The van der Waals surface area contributed by atoms with Gasteiger partial charge in [-0.3, -0.25) is 4.79 Å². The van der Waals surface area contributed by atoms with Crippen LogP contribution in [0.5, 0.6) is 0 Å². The van der Waals surface area contributed by atoms with Gasteiger partial charge in [0, 0.05) is 13.0 Å². The van der Waals surface area contributed by atoms with Gasteiger partial charge < -0.3 is 64.2 Å². The Bertz CT molecular complexity index is 742. The van der Waals surface area contributed by atoms with E-state index in [0.29, 0.717) is 13.0 Å². The molecule has 2 heterocycles. The number of hydrogen-bond donors (Lipinski definition) is 7. The molecule has 2 fully saturated rings. The van der Waals surface area contributed by atoms with Crippen LogP contribution in [0.2, 0.25) is 0 Å². The van der Waals surface area contributed by atoms with Crippen LogP contribution in [0.4, 0.5) is 0 Å². The van der Waals surface area contributed by atoms with E-state index < -0.39 is 86.7 Å². The Hall–Kier alpha value is -1.01. The van der Waals surface area contributed by atoms with Crippen LogP contribution in [-0.4, -0.2) is 142 Å². The van der Waals surface area contributed by atoms with Gasteiger partial charge in [-0.25, -0.2) is 0 Å². The Morgan fingerprint density at radius 1 is 0.674 bits per heavy atom. The van der Waals surface area contributed by atoms with Gasteiger partial charge in [0.2, 0.25) is 0 Å². The van der Waals surface area contributed by atoms with Gasteiger partial charge in [0.15, 0.2) is 12.6 Å². The summed E-state index contributed by atoms with van der Waals surface area (Å²) in [5.74, 6) is -0.415. The Kier molecular flexibility index (Phi) is 18.6. The fraction of sp³-hybridized carbons (Fsp3) is 0.966. The zero-order valence-electron chi connectivity index (χ0n) is 25.4. The Morgan fingerprint density at radius 3 is 1.86 bits per heavy atom. The lowest BCUT2D eigenvalue weighted by atomic mass is 9.98. The summed E-state index contributed by atoms with van der Waals surface area (Å²) in [4.78, 5) is 12.3. The predicted octanol–water partition coefficient (Wildman–Crippen LogP) is -0.504. The highest BCUT2D eigenvalue weighted by Crippen LogP contribution is 2.26. The molecule has 2 saturated heterocycles. The van der Waals surface area contributed by atoms with Crippen molar-refractivity contribution >= 4 is 5.97 Å². The van der Waals surface area contributed by atoms with Gasteiger partial charge in [0.1, 0.15) is 54.9 Å². The molecule has 0 radical (unpaired) electrons. The summed E-state index contributed by atoms with van der Waals surface area (Å²) in [5.41, 5.74) is 0. The molecule has 0 bridgehead atoms. The highest BCUT2D eigenvalue weighted by molar-refractivity contribution is 5.69. The summed E-state index contributed by atoms with van der Waals surface area (Å²) in [6.07, 6.45) is -6.47. The van der Waals surface area contributed by atoms with E-state index in [1.807, 2.05) is 6.92 Å². The van der Waals surface area contributed by atoms with Crippen molar-refractivity contribution in [3.63, 3.8) is 0 Å². The zero-order chi connectivity index (χ0) is 31.8. The van der Waals surface area contributed by atoms with Crippen molar-refractivity contribution in [2.24, 2.45) is 0 Å². The lowest BCUT2D eigenvalue weighted by Crippen LogP contribution is -2.61. The number of unbranched alkanes of at least 4 members (excludes halogenated alkanes) is 7. The molecule has 14 heteroatoms. The van der Waals surface area contributed by atoms with Crippen LogP contribution in [0.15, 0.2) is 0 Å². The number of carbonyl (C=O) groups excluding carboxylic acids is 1. The van der Waals surface area contributed by atoms with Crippen molar-refractivity contribution in [2.45, 2.75) is 146 Å². The summed E-state index contributed by atoms with van der Waals surface area (Å²) < 4.78 is 33.3. The quantitative estimate of drug-likeness (QED) is 0.0632. The molecular weight excluding hydrogens is 572 g/mol. The second kappa shape index (κ2) is 20.9. The minimum absolute atomic E-state index is 0.0609. The van der Waals surface area contributed by atoms with Crippen LogP contribution < -0.4 is 0 Å².